The van der Waals surface area contributed by atoms with Crippen LogP contribution in [0.25, 0.3) is 0 Å². The van der Waals surface area contributed by atoms with Gasteiger partial charge in [0.15, 0.2) is 0 Å². The average molecular weight is 242 g/mol. The SMILES string of the molecule is O=C(O)CCCCCNC(=O)[C@@H]1CCC(=O)N1. The zero-order valence-corrected chi connectivity index (χ0v) is 9.70. The van der Waals surface area contributed by atoms with Gasteiger partial charge in [0.25, 0.3) is 0 Å². The molecule has 1 aliphatic heterocycles. The smallest absolute Gasteiger partial charge is 0.303 e. The summed E-state index contributed by atoms with van der Waals surface area (Å²) in [6.45, 7) is 0.533. The van der Waals surface area contributed by atoms with Gasteiger partial charge < -0.3 is 15.7 Å². The van der Waals surface area contributed by atoms with Gasteiger partial charge in [0.2, 0.25) is 11.8 Å². The van der Waals surface area contributed by atoms with E-state index in [0.29, 0.717) is 25.8 Å². The molecular weight excluding hydrogens is 224 g/mol. The summed E-state index contributed by atoms with van der Waals surface area (Å²) in [7, 11) is 0. The molecule has 3 N–H and O–H groups in total. The number of carbonyl (C=O) groups is 3. The Balaban J connectivity index is 2.01. The molecule has 2 amide bonds. The molecule has 6 heteroatoms. The van der Waals surface area contributed by atoms with Crippen molar-refractivity contribution in [1.82, 2.24) is 10.6 Å². The Labute approximate surface area is 99.8 Å². The minimum Gasteiger partial charge on any atom is -0.481 e. The monoisotopic (exact) mass is 242 g/mol. The highest BCUT2D eigenvalue weighted by atomic mass is 16.4. The zero-order chi connectivity index (χ0) is 12.7. The normalized spacial score (nSPS) is 18.8. The number of nitrogens with one attached hydrogen (secondary N) is 2. The molecule has 0 aromatic carbocycles. The second kappa shape index (κ2) is 6.88. The molecule has 0 saturated carbocycles. The van der Waals surface area contributed by atoms with E-state index in [1.165, 1.54) is 0 Å². The third-order valence-electron chi connectivity index (χ3n) is 2.68. The van der Waals surface area contributed by atoms with Crippen LogP contribution in [0.2, 0.25) is 0 Å². The first-order chi connectivity index (χ1) is 8.09. The summed E-state index contributed by atoms with van der Waals surface area (Å²) < 4.78 is 0. The topological polar surface area (TPSA) is 95.5 Å². The molecule has 0 aliphatic carbocycles. The van der Waals surface area contributed by atoms with E-state index in [9.17, 15) is 14.4 Å². The Hall–Kier alpha value is -1.59. The number of carboxylic acid groups (broad SMARTS) is 1. The highest BCUT2D eigenvalue weighted by Crippen LogP contribution is 2.06. The van der Waals surface area contributed by atoms with Gasteiger partial charge >= 0.3 is 5.97 Å². The number of carbonyl (C=O) groups excluding carboxylic acids is 2. The van der Waals surface area contributed by atoms with Crippen LogP contribution in [0.3, 0.4) is 0 Å². The van der Waals surface area contributed by atoms with Crippen LogP contribution in [-0.4, -0.2) is 35.5 Å². The third kappa shape index (κ3) is 5.33. The molecule has 0 aromatic rings. The molecular formula is C11H18N2O4. The predicted molar refractivity (Wildman–Crippen MR) is 60.3 cm³/mol. The lowest BCUT2D eigenvalue weighted by molar-refractivity contribution is -0.137. The van der Waals surface area contributed by atoms with E-state index in [2.05, 4.69) is 10.6 Å². The predicted octanol–water partition coefficient (Wildman–Crippen LogP) is 0.0262. The number of hydrogen-bond acceptors (Lipinski definition) is 3. The fourth-order valence-corrected chi connectivity index (χ4v) is 1.72. The maximum absolute atomic E-state index is 11.5. The quantitative estimate of drug-likeness (QED) is 0.549. The van der Waals surface area contributed by atoms with Gasteiger partial charge in [0, 0.05) is 19.4 Å². The van der Waals surface area contributed by atoms with E-state index in [0.717, 1.165) is 12.8 Å². The van der Waals surface area contributed by atoms with E-state index < -0.39 is 5.97 Å². The summed E-state index contributed by atoms with van der Waals surface area (Å²) in [5.41, 5.74) is 0. The zero-order valence-electron chi connectivity index (χ0n) is 9.70. The summed E-state index contributed by atoms with van der Waals surface area (Å²) in [6.07, 6.45) is 3.32. The Kier molecular flexibility index (Phi) is 5.45. The van der Waals surface area contributed by atoms with Crippen molar-refractivity contribution in [1.29, 1.82) is 0 Å². The highest BCUT2D eigenvalue weighted by Gasteiger charge is 2.26. The standard InChI is InChI=1S/C11H18N2O4/c14-9-6-5-8(13-9)11(17)12-7-3-1-2-4-10(15)16/h8H,1-7H2,(H,12,17)(H,13,14)(H,15,16)/t8-/m0/s1. The van der Waals surface area contributed by atoms with E-state index >= 15 is 0 Å². The van der Waals surface area contributed by atoms with Crippen molar-refractivity contribution in [2.75, 3.05) is 6.54 Å². The molecule has 0 bridgehead atoms. The largest absolute Gasteiger partial charge is 0.481 e. The second-order valence-electron chi connectivity index (χ2n) is 4.15. The minimum absolute atomic E-state index is 0.0772. The van der Waals surface area contributed by atoms with Crippen LogP contribution in [0.15, 0.2) is 0 Å². The van der Waals surface area contributed by atoms with Crippen molar-refractivity contribution in [3.8, 4) is 0 Å². The summed E-state index contributed by atoms with van der Waals surface area (Å²) in [4.78, 5) is 32.6. The van der Waals surface area contributed by atoms with E-state index in [-0.39, 0.29) is 24.3 Å². The van der Waals surface area contributed by atoms with Gasteiger partial charge in [-0.25, -0.2) is 0 Å². The Bertz CT molecular complexity index is 304. The third-order valence-corrected chi connectivity index (χ3v) is 2.68. The molecule has 1 saturated heterocycles. The van der Waals surface area contributed by atoms with Gasteiger partial charge in [-0.15, -0.1) is 0 Å². The molecule has 17 heavy (non-hydrogen) atoms. The summed E-state index contributed by atoms with van der Waals surface area (Å²) >= 11 is 0. The number of rotatable bonds is 7. The van der Waals surface area contributed by atoms with Crippen LogP contribution in [-0.2, 0) is 14.4 Å². The van der Waals surface area contributed by atoms with Gasteiger partial charge in [0.05, 0.1) is 0 Å². The molecule has 0 radical (unpaired) electrons. The number of unbranched alkanes of at least 4 members (excludes halogenated alkanes) is 2. The van der Waals surface area contributed by atoms with Crippen molar-refractivity contribution >= 4 is 17.8 Å². The molecule has 96 valence electrons. The first kappa shape index (κ1) is 13.5. The molecule has 1 heterocycles. The number of aliphatic carboxylic acids is 1. The van der Waals surface area contributed by atoms with E-state index in [1.807, 2.05) is 0 Å². The molecule has 6 nitrogen and oxygen atoms in total. The first-order valence-electron chi connectivity index (χ1n) is 5.88. The molecule has 0 spiro atoms. The molecule has 0 unspecified atom stereocenters. The summed E-state index contributed by atoms with van der Waals surface area (Å²) in [6, 6.07) is -0.387. The van der Waals surface area contributed by atoms with Crippen molar-refractivity contribution in [2.45, 2.75) is 44.6 Å². The lowest BCUT2D eigenvalue weighted by Gasteiger charge is -2.10. The second-order valence-corrected chi connectivity index (χ2v) is 4.15. The van der Waals surface area contributed by atoms with Gasteiger partial charge in [0.1, 0.15) is 6.04 Å². The van der Waals surface area contributed by atoms with Gasteiger partial charge in [-0.3, -0.25) is 14.4 Å². The molecule has 1 atom stereocenters. The van der Waals surface area contributed by atoms with Crippen LogP contribution in [0.5, 0.6) is 0 Å². The van der Waals surface area contributed by atoms with Crippen LogP contribution in [0.1, 0.15) is 38.5 Å². The fourth-order valence-electron chi connectivity index (χ4n) is 1.72. The van der Waals surface area contributed by atoms with Gasteiger partial charge in [-0.2, -0.15) is 0 Å². The molecule has 1 aliphatic rings. The Morgan fingerprint density at radius 3 is 2.71 bits per heavy atom. The fraction of sp³-hybridized carbons (Fsp3) is 0.727. The summed E-state index contributed by atoms with van der Waals surface area (Å²) in [5.74, 6) is -1.01. The molecule has 1 rings (SSSR count). The van der Waals surface area contributed by atoms with Crippen LogP contribution in [0.4, 0.5) is 0 Å². The van der Waals surface area contributed by atoms with Crippen molar-refractivity contribution in [2.24, 2.45) is 0 Å². The van der Waals surface area contributed by atoms with Gasteiger partial charge in [-0.05, 0) is 19.3 Å². The number of carboxylic acids is 1. The summed E-state index contributed by atoms with van der Waals surface area (Å²) in [5, 5.41) is 13.7. The van der Waals surface area contributed by atoms with Crippen LogP contribution >= 0.6 is 0 Å². The minimum atomic E-state index is -0.789. The molecule has 0 aromatic heterocycles. The van der Waals surface area contributed by atoms with E-state index in [4.69, 9.17) is 5.11 Å². The van der Waals surface area contributed by atoms with Crippen molar-refractivity contribution < 1.29 is 19.5 Å². The maximum atomic E-state index is 11.5. The highest BCUT2D eigenvalue weighted by molar-refractivity contribution is 5.90. The maximum Gasteiger partial charge on any atom is 0.303 e. The first-order valence-corrected chi connectivity index (χ1v) is 5.88. The number of hydrogen-bond donors (Lipinski definition) is 3. The van der Waals surface area contributed by atoms with E-state index in [1.54, 1.807) is 0 Å². The number of amides is 2. The lowest BCUT2D eigenvalue weighted by Crippen LogP contribution is -2.41. The van der Waals surface area contributed by atoms with Gasteiger partial charge in [-0.1, -0.05) is 6.42 Å². The Morgan fingerprint density at radius 2 is 2.12 bits per heavy atom. The Morgan fingerprint density at radius 1 is 1.35 bits per heavy atom. The molecule has 1 fully saturated rings. The van der Waals surface area contributed by atoms with Crippen molar-refractivity contribution in [3.05, 3.63) is 0 Å². The van der Waals surface area contributed by atoms with Crippen molar-refractivity contribution in [3.63, 3.8) is 0 Å². The lowest BCUT2D eigenvalue weighted by atomic mass is 10.2. The van der Waals surface area contributed by atoms with Crippen LogP contribution in [0, 0.1) is 0 Å². The van der Waals surface area contributed by atoms with Crippen LogP contribution < -0.4 is 10.6 Å². The average Bonchev–Trinajstić information content (AvgIpc) is 2.69.